The number of halogens is 1. The molecule has 0 saturated heterocycles. The summed E-state index contributed by atoms with van der Waals surface area (Å²) in [5.74, 6) is -0.624. The van der Waals surface area contributed by atoms with Crippen molar-refractivity contribution in [2.45, 2.75) is 17.9 Å². The summed E-state index contributed by atoms with van der Waals surface area (Å²) in [6, 6.07) is 13.2. The molecule has 0 aliphatic rings. The van der Waals surface area contributed by atoms with Crippen LogP contribution >= 0.6 is 0 Å². The number of anilines is 1. The zero-order valence-corrected chi connectivity index (χ0v) is 12.3. The number of hydrogen-bond acceptors (Lipinski definition) is 3. The average Bonchev–Trinajstić information content (AvgIpc) is 2.45. The molecule has 0 aliphatic carbocycles. The Kier molecular flexibility index (Phi) is 4.59. The molecule has 0 spiro atoms. The van der Waals surface area contributed by atoms with Crippen LogP contribution in [0.15, 0.2) is 59.5 Å². The Balaban J connectivity index is 2.50. The Morgan fingerprint density at radius 3 is 2.38 bits per heavy atom. The van der Waals surface area contributed by atoms with Crippen molar-refractivity contribution in [2.75, 3.05) is 10.8 Å². The molecule has 1 atom stereocenters. The summed E-state index contributed by atoms with van der Waals surface area (Å²) in [6.07, 6.45) is -0.853. The van der Waals surface area contributed by atoms with Crippen LogP contribution in [0.3, 0.4) is 0 Å². The highest BCUT2D eigenvalue weighted by atomic mass is 32.2. The molecule has 2 aromatic rings. The molecule has 0 heterocycles. The maximum atomic E-state index is 13.3. The lowest BCUT2D eigenvalue weighted by molar-refractivity contribution is 0.204. The van der Waals surface area contributed by atoms with Crippen molar-refractivity contribution in [3.8, 4) is 0 Å². The van der Waals surface area contributed by atoms with Gasteiger partial charge in [-0.3, -0.25) is 4.31 Å². The molecule has 0 radical (unpaired) electrons. The van der Waals surface area contributed by atoms with Gasteiger partial charge in [-0.1, -0.05) is 24.3 Å². The van der Waals surface area contributed by atoms with Crippen molar-refractivity contribution in [1.29, 1.82) is 0 Å². The van der Waals surface area contributed by atoms with Crippen LogP contribution in [0.5, 0.6) is 0 Å². The molecular formula is C15H16FNO3S. The Morgan fingerprint density at radius 1 is 1.14 bits per heavy atom. The van der Waals surface area contributed by atoms with Crippen LogP contribution in [0, 0.1) is 5.82 Å². The van der Waals surface area contributed by atoms with E-state index in [1.807, 2.05) is 0 Å². The minimum absolute atomic E-state index is 0.108. The molecule has 4 nitrogen and oxygen atoms in total. The van der Waals surface area contributed by atoms with Gasteiger partial charge in [0.05, 0.1) is 23.2 Å². The number of nitrogens with zero attached hydrogens (tertiary/aromatic N) is 1. The molecule has 1 unspecified atom stereocenters. The van der Waals surface area contributed by atoms with E-state index in [-0.39, 0.29) is 11.4 Å². The van der Waals surface area contributed by atoms with Crippen LogP contribution in [0.25, 0.3) is 0 Å². The molecule has 0 aromatic heterocycles. The molecule has 1 N–H and O–H groups in total. The average molecular weight is 309 g/mol. The van der Waals surface area contributed by atoms with Gasteiger partial charge in [-0.25, -0.2) is 12.8 Å². The van der Waals surface area contributed by atoms with Crippen molar-refractivity contribution >= 4 is 15.7 Å². The Labute approximate surface area is 123 Å². The summed E-state index contributed by atoms with van der Waals surface area (Å²) in [6.45, 7) is 1.39. The fraction of sp³-hybridized carbons (Fsp3) is 0.200. The van der Waals surface area contributed by atoms with Crippen LogP contribution in [-0.2, 0) is 10.0 Å². The third-order valence-electron chi connectivity index (χ3n) is 2.86. The fourth-order valence-electron chi connectivity index (χ4n) is 1.93. The van der Waals surface area contributed by atoms with Gasteiger partial charge in [-0.05, 0) is 37.3 Å². The largest absolute Gasteiger partial charge is 0.392 e. The standard InChI is InChI=1S/C15H16FNO3S/c1-12(18)11-17(14-7-3-2-4-8-14)21(19,20)15-9-5-6-13(16)10-15/h2-10,12,18H,11H2,1H3. The number of para-hydroxylation sites is 1. The second-order valence-electron chi connectivity index (χ2n) is 4.68. The van der Waals surface area contributed by atoms with Crippen LogP contribution in [-0.4, -0.2) is 26.2 Å². The molecule has 21 heavy (non-hydrogen) atoms. The lowest BCUT2D eigenvalue weighted by Gasteiger charge is -2.25. The Bertz CT molecular complexity index is 702. The quantitative estimate of drug-likeness (QED) is 0.922. The predicted octanol–water partition coefficient (Wildman–Crippen LogP) is 2.40. The van der Waals surface area contributed by atoms with E-state index in [0.29, 0.717) is 5.69 Å². The van der Waals surface area contributed by atoms with Gasteiger partial charge in [-0.2, -0.15) is 0 Å². The van der Waals surface area contributed by atoms with Gasteiger partial charge in [-0.15, -0.1) is 0 Å². The molecule has 0 fully saturated rings. The first-order chi connectivity index (χ1) is 9.91. The molecular weight excluding hydrogens is 293 g/mol. The van der Waals surface area contributed by atoms with E-state index in [2.05, 4.69) is 0 Å². The molecule has 6 heteroatoms. The minimum Gasteiger partial charge on any atom is -0.392 e. The summed E-state index contributed by atoms with van der Waals surface area (Å²) in [5.41, 5.74) is 0.419. The van der Waals surface area contributed by atoms with E-state index in [1.165, 1.54) is 25.1 Å². The zero-order chi connectivity index (χ0) is 15.5. The van der Waals surface area contributed by atoms with E-state index < -0.39 is 21.9 Å². The van der Waals surface area contributed by atoms with Crippen molar-refractivity contribution in [1.82, 2.24) is 0 Å². The number of rotatable bonds is 5. The maximum Gasteiger partial charge on any atom is 0.264 e. The normalized spacial score (nSPS) is 12.9. The van der Waals surface area contributed by atoms with E-state index in [4.69, 9.17) is 0 Å². The summed E-state index contributed by atoms with van der Waals surface area (Å²) in [4.78, 5) is -0.146. The van der Waals surface area contributed by atoms with Crippen molar-refractivity contribution in [3.05, 3.63) is 60.4 Å². The highest BCUT2D eigenvalue weighted by molar-refractivity contribution is 7.92. The van der Waals surface area contributed by atoms with Crippen molar-refractivity contribution in [3.63, 3.8) is 0 Å². The van der Waals surface area contributed by atoms with E-state index >= 15 is 0 Å². The molecule has 2 rings (SSSR count). The van der Waals surface area contributed by atoms with Gasteiger partial charge in [0.1, 0.15) is 5.82 Å². The first-order valence-electron chi connectivity index (χ1n) is 6.42. The third kappa shape index (κ3) is 3.59. The molecule has 0 saturated carbocycles. The van der Waals surface area contributed by atoms with Crippen LogP contribution < -0.4 is 4.31 Å². The SMILES string of the molecule is CC(O)CN(c1ccccc1)S(=O)(=O)c1cccc(F)c1. The summed E-state index contributed by atoms with van der Waals surface area (Å²) in [7, 11) is -3.94. The number of benzene rings is 2. The van der Waals surface area contributed by atoms with Gasteiger partial charge < -0.3 is 5.11 Å². The van der Waals surface area contributed by atoms with Gasteiger partial charge in [0.2, 0.25) is 0 Å². The number of aliphatic hydroxyl groups is 1. The third-order valence-corrected chi connectivity index (χ3v) is 4.65. The van der Waals surface area contributed by atoms with Gasteiger partial charge in [0.25, 0.3) is 10.0 Å². The molecule has 0 amide bonds. The first kappa shape index (κ1) is 15.5. The summed E-state index contributed by atoms with van der Waals surface area (Å²) < 4.78 is 39.7. The number of sulfonamides is 1. The maximum absolute atomic E-state index is 13.3. The first-order valence-corrected chi connectivity index (χ1v) is 7.86. The highest BCUT2D eigenvalue weighted by Crippen LogP contribution is 2.24. The second-order valence-corrected chi connectivity index (χ2v) is 6.54. The number of aliphatic hydroxyl groups excluding tert-OH is 1. The lowest BCUT2D eigenvalue weighted by Crippen LogP contribution is -2.36. The topological polar surface area (TPSA) is 57.6 Å². The molecule has 0 aliphatic heterocycles. The highest BCUT2D eigenvalue weighted by Gasteiger charge is 2.26. The molecule has 112 valence electrons. The van der Waals surface area contributed by atoms with E-state index in [1.54, 1.807) is 30.3 Å². The van der Waals surface area contributed by atoms with Crippen LogP contribution in [0.2, 0.25) is 0 Å². The van der Waals surface area contributed by atoms with E-state index in [0.717, 1.165) is 10.4 Å². The molecule has 2 aromatic carbocycles. The summed E-state index contributed by atoms with van der Waals surface area (Å²) in [5, 5.41) is 9.57. The molecule has 0 bridgehead atoms. The number of hydrogen-bond donors (Lipinski definition) is 1. The van der Waals surface area contributed by atoms with Crippen LogP contribution in [0.1, 0.15) is 6.92 Å². The summed E-state index contributed by atoms with van der Waals surface area (Å²) >= 11 is 0. The fourth-order valence-corrected chi connectivity index (χ4v) is 3.51. The predicted molar refractivity (Wildman–Crippen MR) is 79.1 cm³/mol. The van der Waals surface area contributed by atoms with E-state index in [9.17, 15) is 17.9 Å². The monoisotopic (exact) mass is 309 g/mol. The van der Waals surface area contributed by atoms with Gasteiger partial charge in [0, 0.05) is 0 Å². The second kappa shape index (κ2) is 6.24. The van der Waals surface area contributed by atoms with Gasteiger partial charge in [0.15, 0.2) is 0 Å². The smallest absolute Gasteiger partial charge is 0.264 e. The van der Waals surface area contributed by atoms with Gasteiger partial charge >= 0.3 is 0 Å². The van der Waals surface area contributed by atoms with Crippen LogP contribution in [0.4, 0.5) is 10.1 Å². The Morgan fingerprint density at radius 2 is 1.81 bits per heavy atom. The lowest BCUT2D eigenvalue weighted by atomic mass is 10.3. The Hall–Kier alpha value is -1.92. The minimum atomic E-state index is -3.94. The van der Waals surface area contributed by atoms with Crippen molar-refractivity contribution in [2.24, 2.45) is 0 Å². The zero-order valence-electron chi connectivity index (χ0n) is 11.5. The van der Waals surface area contributed by atoms with Crippen molar-refractivity contribution < 1.29 is 17.9 Å².